The maximum Gasteiger partial charge on any atom is 0.243 e. The molecular formula is C22H28N2O5S2. The van der Waals surface area contributed by atoms with Crippen molar-refractivity contribution in [3.05, 3.63) is 60.2 Å². The van der Waals surface area contributed by atoms with Gasteiger partial charge in [-0.1, -0.05) is 30.3 Å². The van der Waals surface area contributed by atoms with Crippen LogP contribution in [0.2, 0.25) is 0 Å². The quantitative estimate of drug-likeness (QED) is 0.515. The summed E-state index contributed by atoms with van der Waals surface area (Å²) in [6.07, 6.45) is 0.464. The van der Waals surface area contributed by atoms with Crippen molar-refractivity contribution in [3.8, 4) is 5.75 Å². The monoisotopic (exact) mass is 464 g/mol. The SMILES string of the molecule is O=C(CCSCc1ccccc1)NCCOc1ccc(S(=O)(=O)N2CCOCC2)cc1. The zero-order chi connectivity index (χ0) is 21.9. The highest BCUT2D eigenvalue weighted by Crippen LogP contribution is 2.20. The summed E-state index contributed by atoms with van der Waals surface area (Å²) >= 11 is 1.73. The third-order valence-electron chi connectivity index (χ3n) is 4.71. The van der Waals surface area contributed by atoms with Crippen LogP contribution in [-0.4, -0.2) is 63.8 Å². The van der Waals surface area contributed by atoms with Crippen molar-refractivity contribution in [3.63, 3.8) is 0 Å². The Morgan fingerprint density at radius 1 is 1.06 bits per heavy atom. The molecule has 2 aromatic carbocycles. The second kappa shape index (κ2) is 12.1. The molecule has 1 fully saturated rings. The van der Waals surface area contributed by atoms with Gasteiger partial charge < -0.3 is 14.8 Å². The van der Waals surface area contributed by atoms with Crippen LogP contribution in [0.1, 0.15) is 12.0 Å². The third-order valence-corrected chi connectivity index (χ3v) is 7.65. The third kappa shape index (κ3) is 7.53. The van der Waals surface area contributed by atoms with E-state index in [0.29, 0.717) is 51.6 Å². The van der Waals surface area contributed by atoms with Gasteiger partial charge in [0.05, 0.1) is 24.7 Å². The maximum absolute atomic E-state index is 12.6. The van der Waals surface area contributed by atoms with E-state index in [1.807, 2.05) is 18.2 Å². The molecule has 0 bridgehead atoms. The second-order valence-corrected chi connectivity index (χ2v) is 10.0. The van der Waals surface area contributed by atoms with Crippen LogP contribution >= 0.6 is 11.8 Å². The Balaban J connectivity index is 1.32. The van der Waals surface area contributed by atoms with E-state index >= 15 is 0 Å². The van der Waals surface area contributed by atoms with Gasteiger partial charge in [-0.3, -0.25) is 4.79 Å². The number of amides is 1. The van der Waals surface area contributed by atoms with Crippen molar-refractivity contribution in [1.82, 2.24) is 9.62 Å². The van der Waals surface area contributed by atoms with E-state index in [4.69, 9.17) is 9.47 Å². The van der Waals surface area contributed by atoms with Crippen LogP contribution in [0.3, 0.4) is 0 Å². The zero-order valence-electron chi connectivity index (χ0n) is 17.4. The molecule has 0 radical (unpaired) electrons. The normalized spacial score (nSPS) is 14.8. The molecule has 0 spiro atoms. The summed E-state index contributed by atoms with van der Waals surface area (Å²) in [7, 11) is -3.51. The summed E-state index contributed by atoms with van der Waals surface area (Å²) in [6.45, 7) is 2.28. The van der Waals surface area contributed by atoms with Gasteiger partial charge in [0.25, 0.3) is 0 Å². The van der Waals surface area contributed by atoms with Gasteiger partial charge in [0.1, 0.15) is 12.4 Å². The summed E-state index contributed by atoms with van der Waals surface area (Å²) in [5, 5.41) is 2.84. The van der Waals surface area contributed by atoms with Crippen molar-refractivity contribution in [1.29, 1.82) is 0 Å². The number of sulfonamides is 1. The average molecular weight is 465 g/mol. The number of morpholine rings is 1. The van der Waals surface area contributed by atoms with Gasteiger partial charge in [0.2, 0.25) is 15.9 Å². The molecule has 1 N–H and O–H groups in total. The Labute approximate surface area is 188 Å². The molecule has 9 heteroatoms. The number of carbonyl (C=O) groups is 1. The fourth-order valence-corrected chi connectivity index (χ4v) is 5.33. The van der Waals surface area contributed by atoms with Crippen molar-refractivity contribution in [2.75, 3.05) is 45.2 Å². The van der Waals surface area contributed by atoms with Crippen LogP contribution in [0, 0.1) is 0 Å². The summed E-state index contributed by atoms with van der Waals surface area (Å²) < 4.78 is 37.5. The molecule has 7 nitrogen and oxygen atoms in total. The first kappa shape index (κ1) is 23.6. The van der Waals surface area contributed by atoms with Crippen molar-refractivity contribution < 1.29 is 22.7 Å². The number of nitrogens with one attached hydrogen (secondary N) is 1. The molecule has 1 saturated heterocycles. The van der Waals surface area contributed by atoms with Gasteiger partial charge in [-0.2, -0.15) is 16.1 Å². The lowest BCUT2D eigenvalue weighted by Crippen LogP contribution is -2.40. The van der Waals surface area contributed by atoms with Gasteiger partial charge in [-0.05, 0) is 29.8 Å². The fourth-order valence-electron chi connectivity index (χ4n) is 3.02. The summed E-state index contributed by atoms with van der Waals surface area (Å²) in [4.78, 5) is 12.1. The van der Waals surface area contributed by atoms with Crippen LogP contribution < -0.4 is 10.1 Å². The predicted molar refractivity (Wildman–Crippen MR) is 122 cm³/mol. The number of ether oxygens (including phenoxy) is 2. The van der Waals surface area contributed by atoms with Crippen LogP contribution in [0.15, 0.2) is 59.5 Å². The van der Waals surface area contributed by atoms with Gasteiger partial charge in [0.15, 0.2) is 0 Å². The minimum atomic E-state index is -3.51. The molecule has 0 aromatic heterocycles. The average Bonchev–Trinajstić information content (AvgIpc) is 2.81. The van der Waals surface area contributed by atoms with Crippen LogP contribution in [0.5, 0.6) is 5.75 Å². The number of nitrogens with zero attached hydrogens (tertiary/aromatic N) is 1. The summed E-state index contributed by atoms with van der Waals surface area (Å²) in [6, 6.07) is 16.5. The molecule has 0 atom stereocenters. The second-order valence-electron chi connectivity index (χ2n) is 6.97. The molecule has 0 unspecified atom stereocenters. The van der Waals surface area contributed by atoms with E-state index in [1.165, 1.54) is 9.87 Å². The number of benzene rings is 2. The minimum Gasteiger partial charge on any atom is -0.492 e. The Kier molecular flexibility index (Phi) is 9.20. The molecule has 0 aliphatic carbocycles. The first-order chi connectivity index (χ1) is 15.1. The molecule has 1 amide bonds. The van der Waals surface area contributed by atoms with Crippen LogP contribution in [0.4, 0.5) is 0 Å². The van der Waals surface area contributed by atoms with Gasteiger partial charge in [-0.25, -0.2) is 8.42 Å². The van der Waals surface area contributed by atoms with Crippen molar-refractivity contribution in [2.45, 2.75) is 17.1 Å². The lowest BCUT2D eigenvalue weighted by atomic mass is 10.2. The Bertz CT molecular complexity index is 915. The lowest BCUT2D eigenvalue weighted by molar-refractivity contribution is -0.120. The highest BCUT2D eigenvalue weighted by Gasteiger charge is 2.26. The maximum atomic E-state index is 12.6. The molecule has 31 heavy (non-hydrogen) atoms. The number of rotatable bonds is 11. The molecule has 1 aliphatic rings. The summed E-state index contributed by atoms with van der Waals surface area (Å²) in [5.74, 6) is 2.22. The molecule has 1 heterocycles. The first-order valence-corrected chi connectivity index (χ1v) is 12.8. The predicted octanol–water partition coefficient (Wildman–Crippen LogP) is 2.53. The Hall–Kier alpha value is -2.07. The van der Waals surface area contributed by atoms with Gasteiger partial charge in [-0.15, -0.1) is 0 Å². The highest BCUT2D eigenvalue weighted by atomic mass is 32.2. The van der Waals surface area contributed by atoms with Crippen LogP contribution in [0.25, 0.3) is 0 Å². The fraction of sp³-hybridized carbons (Fsp3) is 0.409. The van der Waals surface area contributed by atoms with E-state index in [0.717, 1.165) is 11.5 Å². The zero-order valence-corrected chi connectivity index (χ0v) is 19.0. The number of hydrogen-bond acceptors (Lipinski definition) is 6. The van der Waals surface area contributed by atoms with E-state index in [9.17, 15) is 13.2 Å². The Morgan fingerprint density at radius 3 is 2.48 bits per heavy atom. The lowest BCUT2D eigenvalue weighted by Gasteiger charge is -2.26. The van der Waals surface area contributed by atoms with E-state index in [1.54, 1.807) is 36.0 Å². The molecule has 2 aromatic rings. The Morgan fingerprint density at radius 2 is 1.77 bits per heavy atom. The van der Waals surface area contributed by atoms with Crippen molar-refractivity contribution >= 4 is 27.7 Å². The minimum absolute atomic E-state index is 0.00360. The van der Waals surface area contributed by atoms with E-state index in [2.05, 4.69) is 17.4 Å². The first-order valence-electron chi connectivity index (χ1n) is 10.2. The largest absolute Gasteiger partial charge is 0.492 e. The topological polar surface area (TPSA) is 84.9 Å². The van der Waals surface area contributed by atoms with Gasteiger partial charge >= 0.3 is 0 Å². The van der Waals surface area contributed by atoms with Crippen LogP contribution in [-0.2, 0) is 25.3 Å². The van der Waals surface area contributed by atoms with E-state index in [-0.39, 0.29) is 10.8 Å². The molecule has 1 aliphatic heterocycles. The molecule has 0 saturated carbocycles. The smallest absolute Gasteiger partial charge is 0.243 e. The molecule has 3 rings (SSSR count). The molecular weight excluding hydrogens is 436 g/mol. The number of hydrogen-bond donors (Lipinski definition) is 1. The summed E-state index contributed by atoms with van der Waals surface area (Å²) in [5.41, 5.74) is 1.25. The van der Waals surface area contributed by atoms with Gasteiger partial charge in [0, 0.05) is 31.0 Å². The molecule has 168 valence electrons. The van der Waals surface area contributed by atoms with E-state index < -0.39 is 10.0 Å². The number of carbonyl (C=O) groups excluding carboxylic acids is 1. The standard InChI is InChI=1S/C22H28N2O5S2/c25-22(10-17-30-18-19-4-2-1-3-5-19)23-11-14-29-20-6-8-21(9-7-20)31(26,27)24-12-15-28-16-13-24/h1-9H,10-18H2,(H,23,25). The van der Waals surface area contributed by atoms with Crippen molar-refractivity contribution in [2.24, 2.45) is 0 Å². The highest BCUT2D eigenvalue weighted by molar-refractivity contribution is 7.98. The number of thioether (sulfide) groups is 1.